The van der Waals surface area contributed by atoms with Gasteiger partial charge >= 0.3 is 0 Å². The highest BCUT2D eigenvalue weighted by Crippen LogP contribution is 2.49. The number of fused-ring (bicyclic) bond motifs is 6. The Morgan fingerprint density at radius 1 is 1.14 bits per heavy atom. The Hall–Kier alpha value is -2.36. The number of halogens is 1. The summed E-state index contributed by atoms with van der Waals surface area (Å²) in [5.74, 6) is 0.493. The second kappa shape index (κ2) is 4.09. The minimum absolute atomic E-state index is 0.256. The second-order valence-corrected chi connectivity index (χ2v) is 6.20. The monoisotopic (exact) mass is 294 g/mol. The molecule has 0 bridgehead atoms. The van der Waals surface area contributed by atoms with Gasteiger partial charge in [0.25, 0.3) is 0 Å². The maximum Gasteiger partial charge on any atom is 0.149 e. The topological polar surface area (TPSA) is 27.1 Å². The van der Waals surface area contributed by atoms with E-state index in [2.05, 4.69) is 21.7 Å². The summed E-state index contributed by atoms with van der Waals surface area (Å²) in [6.45, 7) is 0. The number of hydrogen-bond donors (Lipinski definition) is 0. The molecule has 0 saturated heterocycles. The summed E-state index contributed by atoms with van der Waals surface area (Å²) in [6.07, 6.45) is 6.10. The lowest BCUT2D eigenvalue weighted by molar-refractivity contribution is 0.0594. The summed E-state index contributed by atoms with van der Waals surface area (Å²) in [7, 11) is 0. The van der Waals surface area contributed by atoms with E-state index >= 15 is 0 Å². The van der Waals surface area contributed by atoms with E-state index < -0.39 is 0 Å². The van der Waals surface area contributed by atoms with Gasteiger partial charge in [0.05, 0.1) is 11.4 Å². The molecular weight excluding hydrogens is 279 g/mol. The molecule has 3 heterocycles. The molecule has 0 N–H and O–H groups in total. The number of benzene rings is 1. The molecule has 0 amide bonds. The molecule has 1 aliphatic heterocycles. The van der Waals surface area contributed by atoms with Crippen LogP contribution in [0.25, 0.3) is 16.7 Å². The molecule has 22 heavy (non-hydrogen) atoms. The highest BCUT2D eigenvalue weighted by atomic mass is 19.1. The number of ether oxygens (including phenoxy) is 1. The van der Waals surface area contributed by atoms with Gasteiger partial charge in [-0.05, 0) is 56.0 Å². The van der Waals surface area contributed by atoms with Gasteiger partial charge in [-0.1, -0.05) is 0 Å². The molecule has 1 saturated carbocycles. The van der Waals surface area contributed by atoms with Crippen molar-refractivity contribution in [2.45, 2.75) is 31.3 Å². The standard InChI is InChI=1S/C18H15FN2O/c19-13-5-6-15-14(11-13)21-16(18(22-15)7-1-2-8-18)10-12-4-3-9-20-17(12)21/h3-6,9-11H,1-2,7-8H2. The van der Waals surface area contributed by atoms with Crippen molar-refractivity contribution in [1.29, 1.82) is 0 Å². The normalized spacial score (nSPS) is 18.2. The van der Waals surface area contributed by atoms with Crippen LogP contribution in [-0.4, -0.2) is 9.55 Å². The zero-order valence-electron chi connectivity index (χ0n) is 12.1. The summed E-state index contributed by atoms with van der Waals surface area (Å²) in [4.78, 5) is 4.52. The fraction of sp³-hybridized carbons (Fsp3) is 0.278. The zero-order valence-corrected chi connectivity index (χ0v) is 12.1. The van der Waals surface area contributed by atoms with Crippen molar-refractivity contribution in [1.82, 2.24) is 9.55 Å². The molecule has 1 aliphatic carbocycles. The second-order valence-electron chi connectivity index (χ2n) is 6.20. The molecule has 4 heteroatoms. The fourth-order valence-electron chi connectivity index (χ4n) is 3.93. The molecule has 0 unspecified atom stereocenters. The number of pyridine rings is 1. The quantitative estimate of drug-likeness (QED) is 0.617. The fourth-order valence-corrected chi connectivity index (χ4v) is 3.93. The van der Waals surface area contributed by atoms with E-state index in [1.807, 2.05) is 6.07 Å². The molecule has 0 atom stereocenters. The predicted molar refractivity (Wildman–Crippen MR) is 81.8 cm³/mol. The van der Waals surface area contributed by atoms with Gasteiger partial charge in [0, 0.05) is 17.6 Å². The van der Waals surface area contributed by atoms with Gasteiger partial charge in [0.15, 0.2) is 0 Å². The van der Waals surface area contributed by atoms with E-state index in [0.29, 0.717) is 0 Å². The van der Waals surface area contributed by atoms with Crippen LogP contribution in [0, 0.1) is 5.82 Å². The molecule has 3 nitrogen and oxygen atoms in total. The molecular formula is C18H15FN2O. The van der Waals surface area contributed by atoms with Gasteiger partial charge in [-0.2, -0.15) is 0 Å². The van der Waals surface area contributed by atoms with E-state index in [1.54, 1.807) is 12.3 Å². The number of hydrogen-bond acceptors (Lipinski definition) is 2. The van der Waals surface area contributed by atoms with Crippen molar-refractivity contribution >= 4 is 11.0 Å². The first kappa shape index (κ1) is 12.2. The molecule has 1 fully saturated rings. The van der Waals surface area contributed by atoms with Gasteiger partial charge in [-0.25, -0.2) is 9.37 Å². The van der Waals surface area contributed by atoms with Crippen LogP contribution < -0.4 is 4.74 Å². The van der Waals surface area contributed by atoms with Crippen LogP contribution in [0.3, 0.4) is 0 Å². The maximum atomic E-state index is 13.8. The molecule has 110 valence electrons. The van der Waals surface area contributed by atoms with Crippen molar-refractivity contribution in [2.75, 3.05) is 0 Å². The van der Waals surface area contributed by atoms with Crippen LogP contribution in [0.2, 0.25) is 0 Å². The van der Waals surface area contributed by atoms with Gasteiger partial charge in [0.2, 0.25) is 0 Å². The van der Waals surface area contributed by atoms with E-state index in [1.165, 1.54) is 12.1 Å². The van der Waals surface area contributed by atoms with E-state index in [-0.39, 0.29) is 11.4 Å². The van der Waals surface area contributed by atoms with Crippen molar-refractivity contribution in [3.63, 3.8) is 0 Å². The highest BCUT2D eigenvalue weighted by Gasteiger charge is 2.44. The molecule has 2 aromatic heterocycles. The first-order chi connectivity index (χ1) is 10.8. The predicted octanol–water partition coefficient (Wildman–Crippen LogP) is 4.33. The van der Waals surface area contributed by atoms with Crippen molar-refractivity contribution in [3.8, 4) is 11.4 Å². The van der Waals surface area contributed by atoms with Crippen LogP contribution in [0.4, 0.5) is 4.39 Å². The first-order valence-electron chi connectivity index (χ1n) is 7.73. The zero-order chi connectivity index (χ0) is 14.7. The average molecular weight is 294 g/mol. The van der Waals surface area contributed by atoms with Crippen LogP contribution in [0.5, 0.6) is 5.75 Å². The van der Waals surface area contributed by atoms with Crippen molar-refractivity contribution in [3.05, 3.63) is 54.1 Å². The summed E-state index contributed by atoms with van der Waals surface area (Å²) < 4.78 is 22.2. The van der Waals surface area contributed by atoms with Crippen LogP contribution in [0.1, 0.15) is 31.4 Å². The lowest BCUT2D eigenvalue weighted by Crippen LogP contribution is -2.35. The van der Waals surface area contributed by atoms with Crippen LogP contribution >= 0.6 is 0 Å². The smallest absolute Gasteiger partial charge is 0.149 e. The first-order valence-corrected chi connectivity index (χ1v) is 7.73. The Morgan fingerprint density at radius 2 is 2.00 bits per heavy atom. The summed E-state index contributed by atoms with van der Waals surface area (Å²) in [5, 5.41) is 1.07. The van der Waals surface area contributed by atoms with Crippen molar-refractivity contribution < 1.29 is 9.13 Å². The third-order valence-corrected chi connectivity index (χ3v) is 4.91. The Bertz CT molecular complexity index is 893. The Balaban J connectivity index is 1.90. The highest BCUT2D eigenvalue weighted by molar-refractivity contribution is 5.81. The largest absolute Gasteiger partial charge is 0.479 e. The molecule has 2 aliphatic rings. The Labute approximate surface area is 127 Å². The summed E-state index contributed by atoms with van der Waals surface area (Å²) in [6, 6.07) is 10.9. The lowest BCUT2D eigenvalue weighted by atomic mass is 9.95. The van der Waals surface area contributed by atoms with Gasteiger partial charge in [0.1, 0.15) is 22.8 Å². The Kier molecular flexibility index (Phi) is 2.27. The molecule has 0 radical (unpaired) electrons. The number of aromatic nitrogens is 2. The van der Waals surface area contributed by atoms with Crippen molar-refractivity contribution in [2.24, 2.45) is 0 Å². The van der Waals surface area contributed by atoms with E-state index in [0.717, 1.165) is 53.8 Å². The van der Waals surface area contributed by atoms with Gasteiger partial charge in [-0.15, -0.1) is 0 Å². The molecule has 3 aromatic rings. The summed E-state index contributed by atoms with van der Waals surface area (Å²) in [5.41, 5.74) is 2.45. The van der Waals surface area contributed by atoms with Crippen LogP contribution in [0.15, 0.2) is 42.6 Å². The molecule has 1 aromatic carbocycles. The van der Waals surface area contributed by atoms with Gasteiger partial charge in [-0.3, -0.25) is 4.57 Å². The third kappa shape index (κ3) is 1.47. The van der Waals surface area contributed by atoms with Gasteiger partial charge < -0.3 is 4.74 Å². The minimum Gasteiger partial charge on any atom is -0.479 e. The average Bonchev–Trinajstić information content (AvgIpc) is 3.14. The molecule has 5 rings (SSSR count). The minimum atomic E-state index is -0.286. The number of rotatable bonds is 0. The van der Waals surface area contributed by atoms with Crippen LogP contribution in [-0.2, 0) is 5.60 Å². The number of nitrogens with zero attached hydrogens (tertiary/aromatic N) is 2. The summed E-state index contributed by atoms with van der Waals surface area (Å²) >= 11 is 0. The Morgan fingerprint density at radius 3 is 2.86 bits per heavy atom. The van der Waals surface area contributed by atoms with E-state index in [9.17, 15) is 4.39 Å². The van der Waals surface area contributed by atoms with E-state index in [4.69, 9.17) is 4.74 Å². The lowest BCUT2D eigenvalue weighted by Gasteiger charge is -2.36. The molecule has 1 spiro atoms. The SMILES string of the molecule is Fc1ccc2c(c1)-n1c(cc3cccnc31)C1(CCCC1)O2. The maximum absolute atomic E-state index is 13.8. The third-order valence-electron chi connectivity index (χ3n) is 4.91.